The number of nitrogens with zero attached hydrogens (tertiary/aromatic N) is 2. The molecular weight excluding hydrogens is 311 g/mol. The van der Waals surface area contributed by atoms with Gasteiger partial charge in [-0.1, -0.05) is 0 Å². The van der Waals surface area contributed by atoms with E-state index in [1.807, 2.05) is 12.3 Å². The van der Waals surface area contributed by atoms with E-state index in [0.717, 1.165) is 31.4 Å². The zero-order chi connectivity index (χ0) is 16.7. The molecule has 2 N–H and O–H groups in total. The van der Waals surface area contributed by atoms with Crippen molar-refractivity contribution in [3.05, 3.63) is 30.2 Å². The van der Waals surface area contributed by atoms with E-state index in [4.69, 9.17) is 0 Å². The minimum absolute atomic E-state index is 0.177. The fourth-order valence-electron chi connectivity index (χ4n) is 3.65. The molecule has 24 heavy (non-hydrogen) atoms. The van der Waals surface area contributed by atoms with Crippen LogP contribution in [0.5, 0.6) is 0 Å². The Labute approximate surface area is 138 Å². The van der Waals surface area contributed by atoms with Crippen LogP contribution < -0.4 is 15.5 Å². The van der Waals surface area contributed by atoms with Gasteiger partial charge in [0, 0.05) is 30.6 Å². The lowest BCUT2D eigenvalue weighted by Crippen LogP contribution is -2.50. The second-order valence-corrected chi connectivity index (χ2v) is 6.29. The first-order valence-electron chi connectivity index (χ1n) is 8.26. The average molecular weight is 330 g/mol. The van der Waals surface area contributed by atoms with Gasteiger partial charge >= 0.3 is 6.03 Å². The van der Waals surface area contributed by atoms with Crippen molar-refractivity contribution < 1.29 is 14.0 Å². The lowest BCUT2D eigenvalue weighted by molar-refractivity contribution is -0.120. The van der Waals surface area contributed by atoms with Crippen LogP contribution in [0.4, 0.5) is 14.9 Å². The number of carbonyl (C=O) groups is 2. The number of hydrogen-bond acceptors (Lipinski definition) is 3. The summed E-state index contributed by atoms with van der Waals surface area (Å²) >= 11 is 0. The van der Waals surface area contributed by atoms with Gasteiger partial charge in [-0.05, 0) is 44.1 Å². The Hall–Kier alpha value is -2.41. The van der Waals surface area contributed by atoms with Crippen molar-refractivity contribution in [3.8, 4) is 0 Å². The van der Waals surface area contributed by atoms with Crippen molar-refractivity contribution in [3.63, 3.8) is 0 Å². The third-order valence-corrected chi connectivity index (χ3v) is 4.85. The molecule has 2 fully saturated rings. The van der Waals surface area contributed by atoms with Crippen molar-refractivity contribution in [1.82, 2.24) is 15.2 Å². The Bertz CT molecular complexity index is 810. The zero-order valence-electron chi connectivity index (χ0n) is 13.2. The summed E-state index contributed by atoms with van der Waals surface area (Å²) in [5.74, 6) is -0.772. The molecule has 0 bridgehead atoms. The van der Waals surface area contributed by atoms with Gasteiger partial charge in [0.1, 0.15) is 5.82 Å². The number of imide groups is 1. The quantitative estimate of drug-likeness (QED) is 0.887. The van der Waals surface area contributed by atoms with Crippen LogP contribution in [0.1, 0.15) is 25.3 Å². The van der Waals surface area contributed by atoms with E-state index in [1.165, 1.54) is 11.0 Å². The number of fused-ring (bicyclic) bond motifs is 1. The first-order chi connectivity index (χ1) is 11.6. The van der Waals surface area contributed by atoms with Gasteiger partial charge in [0.15, 0.2) is 0 Å². The maximum Gasteiger partial charge on any atom is 0.328 e. The Morgan fingerprint density at radius 2 is 1.92 bits per heavy atom. The minimum Gasteiger partial charge on any atom is -0.344 e. The van der Waals surface area contributed by atoms with Gasteiger partial charge in [0.25, 0.3) is 0 Å². The number of benzene rings is 1. The zero-order valence-corrected chi connectivity index (χ0v) is 13.2. The summed E-state index contributed by atoms with van der Waals surface area (Å²) in [4.78, 5) is 24.8. The van der Waals surface area contributed by atoms with E-state index < -0.39 is 11.8 Å². The van der Waals surface area contributed by atoms with E-state index in [0.29, 0.717) is 11.4 Å². The number of piperidine rings is 1. The molecule has 2 saturated heterocycles. The summed E-state index contributed by atoms with van der Waals surface area (Å²) in [5, 5.41) is 6.30. The minimum atomic E-state index is -0.563. The third-order valence-electron chi connectivity index (χ3n) is 4.85. The molecule has 0 aliphatic carbocycles. The van der Waals surface area contributed by atoms with E-state index in [2.05, 4.69) is 15.2 Å². The molecule has 0 atom stereocenters. The van der Waals surface area contributed by atoms with Gasteiger partial charge in [0.2, 0.25) is 5.91 Å². The summed E-state index contributed by atoms with van der Waals surface area (Å²) < 4.78 is 16.7. The van der Waals surface area contributed by atoms with Crippen LogP contribution in [-0.2, 0) is 4.79 Å². The Balaban J connectivity index is 1.78. The molecule has 7 heteroatoms. The maximum absolute atomic E-state index is 14.5. The van der Waals surface area contributed by atoms with E-state index >= 15 is 0 Å². The van der Waals surface area contributed by atoms with E-state index in [1.54, 1.807) is 6.07 Å². The smallest absolute Gasteiger partial charge is 0.328 e. The largest absolute Gasteiger partial charge is 0.344 e. The van der Waals surface area contributed by atoms with Gasteiger partial charge in [-0.3, -0.25) is 15.0 Å². The van der Waals surface area contributed by atoms with E-state index in [-0.39, 0.29) is 24.6 Å². The van der Waals surface area contributed by atoms with Crippen LogP contribution in [-0.4, -0.2) is 36.1 Å². The Morgan fingerprint density at radius 1 is 1.12 bits per heavy atom. The summed E-state index contributed by atoms with van der Waals surface area (Å²) in [6, 6.07) is 4.84. The highest BCUT2D eigenvalue weighted by Gasteiger charge is 2.29. The lowest BCUT2D eigenvalue weighted by atomic mass is 10.1. The Morgan fingerprint density at radius 3 is 2.67 bits per heavy atom. The molecular formula is C17H19FN4O2. The molecule has 0 saturated carbocycles. The molecule has 1 aromatic carbocycles. The molecule has 2 aliphatic heterocycles. The molecule has 6 nitrogen and oxygen atoms in total. The number of aromatic nitrogens is 1. The van der Waals surface area contributed by atoms with Crippen LogP contribution in [0.3, 0.4) is 0 Å². The molecule has 126 valence electrons. The van der Waals surface area contributed by atoms with Gasteiger partial charge in [0.05, 0.1) is 11.2 Å². The molecule has 1 aromatic heterocycles. The number of rotatable bonds is 2. The summed E-state index contributed by atoms with van der Waals surface area (Å²) in [7, 11) is 0. The van der Waals surface area contributed by atoms with E-state index in [9.17, 15) is 14.0 Å². The molecule has 0 unspecified atom stereocenters. The van der Waals surface area contributed by atoms with Crippen molar-refractivity contribution in [1.29, 1.82) is 0 Å². The topological polar surface area (TPSA) is 66.4 Å². The highest BCUT2D eigenvalue weighted by Crippen LogP contribution is 2.34. The number of hydrogen-bond donors (Lipinski definition) is 2. The van der Waals surface area contributed by atoms with Crippen LogP contribution in [0, 0.1) is 5.82 Å². The van der Waals surface area contributed by atoms with Gasteiger partial charge < -0.3 is 9.88 Å². The fourth-order valence-corrected chi connectivity index (χ4v) is 3.65. The maximum atomic E-state index is 14.5. The standard InChI is InChI=1S/C17H19FN4O2/c18-13-1-2-14-12(5-9-21(14)11-3-7-19-8-4-11)16(13)22-10-6-15(23)20-17(22)24/h1-2,5,9,11,19H,3-4,6-8,10H2,(H,20,23,24). The van der Waals surface area contributed by atoms with Crippen LogP contribution in [0.2, 0.25) is 0 Å². The summed E-state index contributed by atoms with van der Waals surface area (Å²) in [6.45, 7) is 2.13. The molecule has 2 aliphatic rings. The monoisotopic (exact) mass is 330 g/mol. The predicted molar refractivity (Wildman–Crippen MR) is 88.5 cm³/mol. The molecule has 0 spiro atoms. The molecule has 2 aromatic rings. The first kappa shape index (κ1) is 15.1. The fraction of sp³-hybridized carbons (Fsp3) is 0.412. The summed E-state index contributed by atoms with van der Waals surface area (Å²) in [6.07, 6.45) is 4.19. The van der Waals surface area contributed by atoms with Crippen molar-refractivity contribution >= 4 is 28.5 Å². The molecule has 3 amide bonds. The van der Waals surface area contributed by atoms with Gasteiger partial charge in [-0.25, -0.2) is 9.18 Å². The second kappa shape index (κ2) is 5.90. The van der Waals surface area contributed by atoms with Crippen molar-refractivity contribution in [2.45, 2.75) is 25.3 Å². The average Bonchev–Trinajstić information content (AvgIpc) is 3.00. The number of urea groups is 1. The third kappa shape index (κ3) is 2.45. The SMILES string of the molecule is O=C1CCN(c2c(F)ccc3c2ccn3C2CCNCC2)C(=O)N1. The molecule has 4 rings (SSSR count). The highest BCUT2D eigenvalue weighted by atomic mass is 19.1. The van der Waals surface area contributed by atoms with Gasteiger partial charge in [-0.15, -0.1) is 0 Å². The van der Waals surface area contributed by atoms with Crippen LogP contribution in [0.25, 0.3) is 10.9 Å². The van der Waals surface area contributed by atoms with Crippen LogP contribution >= 0.6 is 0 Å². The van der Waals surface area contributed by atoms with Crippen molar-refractivity contribution in [2.24, 2.45) is 0 Å². The predicted octanol–water partition coefficient (Wildman–Crippen LogP) is 2.15. The van der Waals surface area contributed by atoms with Crippen molar-refractivity contribution in [2.75, 3.05) is 24.5 Å². The van der Waals surface area contributed by atoms with Crippen LogP contribution in [0.15, 0.2) is 24.4 Å². The number of nitrogens with one attached hydrogen (secondary N) is 2. The normalized spacial score (nSPS) is 19.8. The molecule has 3 heterocycles. The first-order valence-corrected chi connectivity index (χ1v) is 8.26. The number of carbonyl (C=O) groups excluding carboxylic acids is 2. The number of anilines is 1. The number of amides is 3. The lowest BCUT2D eigenvalue weighted by Gasteiger charge is -2.28. The summed E-state index contributed by atoms with van der Waals surface area (Å²) in [5.41, 5.74) is 1.17. The molecule has 0 radical (unpaired) electrons. The van der Waals surface area contributed by atoms with Gasteiger partial charge in [-0.2, -0.15) is 0 Å². The highest BCUT2D eigenvalue weighted by molar-refractivity contribution is 6.09. The number of halogens is 1. The Kier molecular flexibility index (Phi) is 3.72. The second-order valence-electron chi connectivity index (χ2n) is 6.29.